The van der Waals surface area contributed by atoms with Gasteiger partial charge >= 0.3 is 4.87 Å². The number of hydrogen-bond acceptors (Lipinski definition) is 6. The predicted octanol–water partition coefficient (Wildman–Crippen LogP) is 3.94. The van der Waals surface area contributed by atoms with E-state index in [-0.39, 0.29) is 20.4 Å². The van der Waals surface area contributed by atoms with Crippen LogP contribution >= 0.6 is 11.3 Å². The van der Waals surface area contributed by atoms with E-state index >= 15 is 0 Å². The number of rotatable bonds is 9. The topological polar surface area (TPSA) is 106 Å². The zero-order valence-electron chi connectivity index (χ0n) is 19.2. The molecule has 1 aromatic heterocycles. The first-order valence-electron chi connectivity index (χ1n) is 11.0. The first-order chi connectivity index (χ1) is 16.7. The van der Waals surface area contributed by atoms with Crippen LogP contribution in [0.25, 0.3) is 10.2 Å². The number of anilines is 1. The number of fused-ring (bicyclic) bond motifs is 1. The van der Waals surface area contributed by atoms with Gasteiger partial charge in [-0.15, -0.1) is 0 Å². The maximum Gasteiger partial charge on any atom is 0.308 e. The average Bonchev–Trinajstić information content (AvgIpc) is 3.14. The summed E-state index contributed by atoms with van der Waals surface area (Å²) in [5.74, 6) is 0. The number of aromatic nitrogens is 1. The van der Waals surface area contributed by atoms with Crippen LogP contribution in [0.3, 0.4) is 0 Å². The Morgan fingerprint density at radius 3 is 2.11 bits per heavy atom. The van der Waals surface area contributed by atoms with Crippen molar-refractivity contribution < 1.29 is 16.8 Å². The van der Waals surface area contributed by atoms with Gasteiger partial charge < -0.3 is 0 Å². The van der Waals surface area contributed by atoms with Crippen LogP contribution in [0.4, 0.5) is 5.69 Å². The van der Waals surface area contributed by atoms with E-state index < -0.39 is 20.0 Å². The van der Waals surface area contributed by atoms with Gasteiger partial charge in [0.25, 0.3) is 10.0 Å². The smallest absolute Gasteiger partial charge is 0.294 e. The summed E-state index contributed by atoms with van der Waals surface area (Å²) >= 11 is 0.990. The number of sulfonamides is 2. The second-order valence-electron chi connectivity index (χ2n) is 7.79. The van der Waals surface area contributed by atoms with Gasteiger partial charge in [-0.05, 0) is 48.0 Å². The van der Waals surface area contributed by atoms with Gasteiger partial charge in [-0.1, -0.05) is 55.5 Å². The summed E-state index contributed by atoms with van der Waals surface area (Å²) in [5, 5.41) is 0. The van der Waals surface area contributed by atoms with E-state index in [9.17, 15) is 21.6 Å². The van der Waals surface area contributed by atoms with E-state index in [0.29, 0.717) is 29.9 Å². The highest BCUT2D eigenvalue weighted by Gasteiger charge is 2.22. The lowest BCUT2D eigenvalue weighted by Gasteiger charge is -2.18. The number of hydrogen-bond donors (Lipinski definition) is 1. The maximum absolute atomic E-state index is 13.0. The highest BCUT2D eigenvalue weighted by molar-refractivity contribution is 7.92. The highest BCUT2D eigenvalue weighted by atomic mass is 32.2. The second kappa shape index (κ2) is 9.94. The predicted molar refractivity (Wildman–Crippen MR) is 139 cm³/mol. The summed E-state index contributed by atoms with van der Waals surface area (Å²) < 4.78 is 57.3. The van der Waals surface area contributed by atoms with Crippen molar-refractivity contribution >= 4 is 47.3 Å². The molecule has 4 rings (SSSR count). The molecule has 35 heavy (non-hydrogen) atoms. The normalized spacial score (nSPS) is 12.3. The molecule has 4 aromatic rings. The Bertz CT molecular complexity index is 1600. The SMILES string of the molecule is CCN(CC)S(=O)(=O)c1ccc(NS(=O)(=O)c2ccc3c(c2)sc(=O)n3Cc2ccccc2)cc1. The van der Waals surface area contributed by atoms with Gasteiger partial charge in [-0.25, -0.2) is 16.8 Å². The summed E-state index contributed by atoms with van der Waals surface area (Å²) in [7, 11) is -7.59. The molecule has 0 saturated heterocycles. The molecule has 1 heterocycles. The van der Waals surface area contributed by atoms with Crippen LogP contribution < -0.4 is 9.60 Å². The number of nitrogens with zero attached hydrogens (tertiary/aromatic N) is 2. The molecule has 0 fully saturated rings. The summed E-state index contributed by atoms with van der Waals surface area (Å²) in [6.07, 6.45) is 0. The average molecular weight is 532 g/mol. The third-order valence-corrected chi connectivity index (χ3v) is 9.97. The van der Waals surface area contributed by atoms with Crippen molar-refractivity contribution in [2.24, 2.45) is 0 Å². The van der Waals surface area contributed by atoms with Crippen LogP contribution in [0.15, 0.2) is 87.4 Å². The van der Waals surface area contributed by atoms with Gasteiger partial charge in [0.2, 0.25) is 10.0 Å². The minimum atomic E-state index is -3.96. The maximum atomic E-state index is 13.0. The quantitative estimate of drug-likeness (QED) is 0.352. The van der Waals surface area contributed by atoms with E-state index in [1.807, 2.05) is 30.3 Å². The third kappa shape index (κ3) is 5.18. The van der Waals surface area contributed by atoms with Crippen molar-refractivity contribution in [3.8, 4) is 0 Å². The Morgan fingerprint density at radius 2 is 1.49 bits per heavy atom. The fraction of sp³-hybridized carbons (Fsp3) is 0.208. The van der Waals surface area contributed by atoms with Gasteiger partial charge in [-0.3, -0.25) is 14.1 Å². The van der Waals surface area contributed by atoms with Crippen molar-refractivity contribution in [1.29, 1.82) is 0 Å². The van der Waals surface area contributed by atoms with Crippen LogP contribution in [-0.2, 0) is 26.6 Å². The van der Waals surface area contributed by atoms with E-state index in [1.165, 1.54) is 40.7 Å². The monoisotopic (exact) mass is 531 g/mol. The van der Waals surface area contributed by atoms with Crippen LogP contribution in [0, 0.1) is 0 Å². The van der Waals surface area contributed by atoms with Crippen molar-refractivity contribution in [1.82, 2.24) is 8.87 Å². The Hall–Kier alpha value is -2.99. The molecule has 184 valence electrons. The molecule has 0 atom stereocenters. The zero-order chi connectivity index (χ0) is 25.2. The molecule has 0 spiro atoms. The van der Waals surface area contributed by atoms with E-state index in [2.05, 4.69) is 4.72 Å². The van der Waals surface area contributed by atoms with Crippen molar-refractivity contribution in [2.75, 3.05) is 17.8 Å². The van der Waals surface area contributed by atoms with Crippen molar-refractivity contribution in [3.05, 3.63) is 88.0 Å². The molecule has 0 bridgehead atoms. The molecule has 0 saturated carbocycles. The van der Waals surface area contributed by atoms with Gasteiger partial charge in [0.05, 0.1) is 26.6 Å². The molecule has 0 aliphatic rings. The minimum absolute atomic E-state index is 0.0120. The lowest BCUT2D eigenvalue weighted by atomic mass is 10.2. The first-order valence-corrected chi connectivity index (χ1v) is 14.7. The largest absolute Gasteiger partial charge is 0.308 e. The molecule has 0 aliphatic heterocycles. The molecule has 8 nitrogen and oxygen atoms in total. The van der Waals surface area contributed by atoms with Gasteiger partial charge in [0.15, 0.2) is 0 Å². The molecular weight excluding hydrogens is 506 g/mol. The lowest BCUT2D eigenvalue weighted by molar-refractivity contribution is 0.445. The van der Waals surface area contributed by atoms with Crippen LogP contribution in [0.5, 0.6) is 0 Å². The summed E-state index contributed by atoms with van der Waals surface area (Å²) in [4.78, 5) is 12.5. The molecule has 0 aliphatic carbocycles. The molecule has 0 unspecified atom stereocenters. The van der Waals surface area contributed by atoms with Crippen LogP contribution in [-0.4, -0.2) is 38.8 Å². The molecule has 0 radical (unpaired) electrons. The summed E-state index contributed by atoms with van der Waals surface area (Å²) in [6, 6.07) is 19.7. The molecule has 0 amide bonds. The highest BCUT2D eigenvalue weighted by Crippen LogP contribution is 2.25. The number of thiazole rings is 1. The zero-order valence-corrected chi connectivity index (χ0v) is 21.7. The Kier molecular flexibility index (Phi) is 7.13. The molecule has 1 N–H and O–H groups in total. The summed E-state index contributed by atoms with van der Waals surface area (Å²) in [6.45, 7) is 4.59. The van der Waals surface area contributed by atoms with E-state index in [4.69, 9.17) is 0 Å². The summed E-state index contributed by atoms with van der Waals surface area (Å²) in [5.41, 5.74) is 1.87. The van der Waals surface area contributed by atoms with Crippen LogP contribution in [0.2, 0.25) is 0 Å². The number of nitrogens with one attached hydrogen (secondary N) is 1. The van der Waals surface area contributed by atoms with E-state index in [0.717, 1.165) is 16.9 Å². The standard InChI is InChI=1S/C24H25N3O5S3/c1-3-26(4-2)35(31,32)20-12-10-19(11-13-20)25-34(29,30)21-14-15-22-23(16-21)33-24(28)27(22)17-18-8-6-5-7-9-18/h5-16,25H,3-4,17H2,1-2H3. The molecule has 11 heteroatoms. The lowest BCUT2D eigenvalue weighted by Crippen LogP contribution is -2.30. The van der Waals surface area contributed by atoms with Gasteiger partial charge in [-0.2, -0.15) is 4.31 Å². The van der Waals surface area contributed by atoms with E-state index in [1.54, 1.807) is 24.5 Å². The fourth-order valence-electron chi connectivity index (χ4n) is 3.75. The van der Waals surface area contributed by atoms with Crippen LogP contribution in [0.1, 0.15) is 19.4 Å². The number of benzene rings is 3. The molecule has 3 aromatic carbocycles. The van der Waals surface area contributed by atoms with Crippen molar-refractivity contribution in [3.63, 3.8) is 0 Å². The Morgan fingerprint density at radius 1 is 0.857 bits per heavy atom. The second-order valence-corrected chi connectivity index (χ2v) is 12.4. The fourth-order valence-corrected chi connectivity index (χ4v) is 7.30. The van der Waals surface area contributed by atoms with Crippen molar-refractivity contribution in [2.45, 2.75) is 30.2 Å². The Labute approximate surface area is 208 Å². The Balaban J connectivity index is 1.59. The first kappa shape index (κ1) is 25.1. The molecular formula is C24H25N3O5S3. The third-order valence-electron chi connectivity index (χ3n) is 5.58. The minimum Gasteiger partial charge on any atom is -0.294 e. The van der Waals surface area contributed by atoms with Gasteiger partial charge in [0.1, 0.15) is 0 Å². The van der Waals surface area contributed by atoms with Gasteiger partial charge in [0, 0.05) is 18.8 Å².